The van der Waals surface area contributed by atoms with Crippen LogP contribution in [0.2, 0.25) is 0 Å². The Balaban J connectivity index is 1.63. The number of aliphatic hydroxyl groups is 3. The number of likely N-dealkylation sites (N-methyl/N-ethyl adjacent to an activating group) is 1. The SMILES string of the molecule is CCCC1CC(C(=O)NC(C(C)OC)C2OC(SCCOC(=O)c3ccccc3O)C(O)C(O)C2O)N(C)C1. The normalized spacial score (nSPS) is 31.0. The number of aromatic hydroxyl groups is 1. The van der Waals surface area contributed by atoms with Crippen LogP contribution >= 0.6 is 11.8 Å². The van der Waals surface area contributed by atoms with E-state index in [0.29, 0.717) is 5.92 Å². The van der Waals surface area contributed by atoms with Gasteiger partial charge in [-0.15, -0.1) is 11.8 Å². The van der Waals surface area contributed by atoms with E-state index in [0.717, 1.165) is 37.6 Å². The minimum Gasteiger partial charge on any atom is -0.507 e. The number of methoxy groups -OCH3 is 1. The highest BCUT2D eigenvalue weighted by atomic mass is 32.2. The van der Waals surface area contributed by atoms with Crippen molar-refractivity contribution in [1.29, 1.82) is 0 Å². The Morgan fingerprint density at radius 1 is 1.21 bits per heavy atom. The van der Waals surface area contributed by atoms with Crippen LogP contribution in [0.25, 0.3) is 0 Å². The number of rotatable bonds is 12. The van der Waals surface area contributed by atoms with Gasteiger partial charge in [-0.1, -0.05) is 25.5 Å². The van der Waals surface area contributed by atoms with E-state index in [4.69, 9.17) is 14.2 Å². The van der Waals surface area contributed by atoms with Gasteiger partial charge in [0, 0.05) is 19.4 Å². The fraction of sp³-hybridized carbons (Fsp3) is 0.704. The number of ether oxygens (including phenoxy) is 3. The minimum atomic E-state index is -1.53. The van der Waals surface area contributed by atoms with Crippen LogP contribution in [0, 0.1) is 5.92 Å². The summed E-state index contributed by atoms with van der Waals surface area (Å²) in [6.07, 6.45) is -3.24. The lowest BCUT2D eigenvalue weighted by atomic mass is 9.91. The molecule has 1 aromatic carbocycles. The van der Waals surface area contributed by atoms with Gasteiger partial charge in [0.25, 0.3) is 0 Å². The number of likely N-dealkylation sites (tertiary alicyclic amines) is 1. The molecule has 2 fully saturated rings. The van der Waals surface area contributed by atoms with E-state index in [1.807, 2.05) is 11.9 Å². The zero-order valence-electron chi connectivity index (χ0n) is 22.9. The highest BCUT2D eigenvalue weighted by Crippen LogP contribution is 2.32. The number of carbonyl (C=O) groups excluding carboxylic acids is 2. The van der Waals surface area contributed by atoms with Gasteiger partial charge in [0.2, 0.25) is 5.91 Å². The quantitative estimate of drug-likeness (QED) is 0.178. The monoisotopic (exact) mass is 570 g/mol. The number of thioether (sulfide) groups is 1. The summed E-state index contributed by atoms with van der Waals surface area (Å²) < 4.78 is 16.7. The molecule has 220 valence electrons. The summed E-state index contributed by atoms with van der Waals surface area (Å²) in [5, 5.41) is 44.8. The molecule has 2 heterocycles. The van der Waals surface area contributed by atoms with Crippen LogP contribution in [-0.4, -0.2) is 118 Å². The Labute approximate surface area is 233 Å². The third-order valence-electron chi connectivity index (χ3n) is 7.50. The van der Waals surface area contributed by atoms with Gasteiger partial charge in [-0.3, -0.25) is 9.69 Å². The number of nitrogens with zero attached hydrogens (tertiary/aromatic N) is 1. The van der Waals surface area contributed by atoms with Gasteiger partial charge in [-0.05, 0) is 44.9 Å². The fourth-order valence-electron chi connectivity index (χ4n) is 5.23. The van der Waals surface area contributed by atoms with Crippen molar-refractivity contribution >= 4 is 23.6 Å². The average molecular weight is 571 g/mol. The standard InChI is InChI=1S/C27H42N2O9S/c1-5-8-16-13-18(29(3)14-16)25(34)28-20(15(2)36-4)24-22(32)21(31)23(33)27(38-24)39-12-11-37-26(35)17-9-6-7-10-19(17)30/h6-7,9-10,15-16,18,20-24,27,30-33H,5,8,11-14H2,1-4H3,(H,28,34). The maximum atomic E-state index is 13.3. The van der Waals surface area contributed by atoms with Crippen molar-refractivity contribution in [2.24, 2.45) is 5.92 Å². The van der Waals surface area contributed by atoms with E-state index in [1.165, 1.54) is 19.2 Å². The van der Waals surface area contributed by atoms with Crippen LogP contribution in [0.15, 0.2) is 24.3 Å². The number of hydrogen-bond acceptors (Lipinski definition) is 11. The van der Waals surface area contributed by atoms with E-state index >= 15 is 0 Å². The second-order valence-corrected chi connectivity index (χ2v) is 11.5. The molecular formula is C27H42N2O9S. The third-order valence-corrected chi connectivity index (χ3v) is 8.62. The molecule has 0 aliphatic carbocycles. The number of carbonyl (C=O) groups is 2. The van der Waals surface area contributed by atoms with Crippen molar-refractivity contribution < 1.29 is 44.2 Å². The lowest BCUT2D eigenvalue weighted by Crippen LogP contribution is -2.66. The summed E-state index contributed by atoms with van der Waals surface area (Å²) >= 11 is 1.10. The van der Waals surface area contributed by atoms with E-state index in [2.05, 4.69) is 12.2 Å². The third kappa shape index (κ3) is 7.84. The molecule has 0 radical (unpaired) electrons. The molecule has 1 amide bonds. The van der Waals surface area contributed by atoms with E-state index in [9.17, 15) is 30.0 Å². The fourth-order valence-corrected chi connectivity index (χ4v) is 6.21. The number of phenols is 1. The average Bonchev–Trinajstić information content (AvgIpc) is 3.29. The van der Waals surface area contributed by atoms with Crippen LogP contribution in [0.5, 0.6) is 5.75 Å². The van der Waals surface area contributed by atoms with E-state index in [1.54, 1.807) is 19.1 Å². The molecule has 0 aromatic heterocycles. The van der Waals surface area contributed by atoms with Gasteiger partial charge in [0.15, 0.2) is 0 Å². The van der Waals surface area contributed by atoms with Crippen LogP contribution in [0.4, 0.5) is 0 Å². The Morgan fingerprint density at radius 2 is 1.92 bits per heavy atom. The predicted molar refractivity (Wildman–Crippen MR) is 145 cm³/mol. The van der Waals surface area contributed by atoms with Gasteiger partial charge in [-0.2, -0.15) is 0 Å². The van der Waals surface area contributed by atoms with Crippen LogP contribution in [0.1, 0.15) is 43.5 Å². The molecule has 0 saturated carbocycles. The lowest BCUT2D eigenvalue weighted by molar-refractivity contribution is -0.212. The molecule has 2 aliphatic heterocycles. The topological polar surface area (TPSA) is 158 Å². The summed E-state index contributed by atoms with van der Waals surface area (Å²) in [7, 11) is 3.40. The largest absolute Gasteiger partial charge is 0.507 e. The molecule has 2 saturated heterocycles. The molecule has 0 spiro atoms. The van der Waals surface area contributed by atoms with Gasteiger partial charge in [-0.25, -0.2) is 4.79 Å². The van der Waals surface area contributed by atoms with Crippen molar-refractivity contribution in [3.63, 3.8) is 0 Å². The first-order chi connectivity index (χ1) is 18.6. The highest BCUT2D eigenvalue weighted by Gasteiger charge is 2.49. The molecule has 5 N–H and O–H groups in total. The molecule has 1 aromatic rings. The maximum absolute atomic E-state index is 13.3. The predicted octanol–water partition coefficient (Wildman–Crippen LogP) is 0.730. The Kier molecular flexibility index (Phi) is 11.9. The van der Waals surface area contributed by atoms with E-state index < -0.39 is 48.0 Å². The van der Waals surface area contributed by atoms with Crippen LogP contribution in [0.3, 0.4) is 0 Å². The molecule has 9 atom stereocenters. The number of phenolic OH excluding ortho intramolecular Hbond substituents is 1. The first-order valence-corrected chi connectivity index (χ1v) is 14.4. The molecular weight excluding hydrogens is 528 g/mol. The molecule has 12 heteroatoms. The number of esters is 1. The Hall–Kier alpha value is -1.93. The van der Waals surface area contributed by atoms with Crippen LogP contribution < -0.4 is 5.32 Å². The molecule has 0 bridgehead atoms. The molecule has 2 aliphatic rings. The number of amides is 1. The zero-order chi connectivity index (χ0) is 28.7. The first kappa shape index (κ1) is 31.6. The van der Waals surface area contributed by atoms with Crippen LogP contribution in [-0.2, 0) is 19.0 Å². The summed E-state index contributed by atoms with van der Waals surface area (Å²) in [6, 6.07) is 4.90. The number of benzene rings is 1. The van der Waals surface area contributed by atoms with Crippen molar-refractivity contribution in [1.82, 2.24) is 10.2 Å². The minimum absolute atomic E-state index is 0.0381. The van der Waals surface area contributed by atoms with Gasteiger partial charge in [0.05, 0.1) is 18.2 Å². The lowest BCUT2D eigenvalue weighted by Gasteiger charge is -2.44. The summed E-state index contributed by atoms with van der Waals surface area (Å²) in [5.74, 6) is -0.447. The van der Waals surface area contributed by atoms with E-state index in [-0.39, 0.29) is 35.6 Å². The number of nitrogens with one attached hydrogen (secondary N) is 1. The van der Waals surface area contributed by atoms with Gasteiger partial charge in [0.1, 0.15) is 47.8 Å². The second kappa shape index (κ2) is 14.6. The van der Waals surface area contributed by atoms with Crippen molar-refractivity contribution in [3.8, 4) is 5.75 Å². The highest BCUT2D eigenvalue weighted by molar-refractivity contribution is 7.99. The summed E-state index contributed by atoms with van der Waals surface area (Å²) in [4.78, 5) is 27.5. The van der Waals surface area contributed by atoms with Crippen molar-refractivity contribution in [3.05, 3.63) is 29.8 Å². The first-order valence-electron chi connectivity index (χ1n) is 13.4. The molecule has 39 heavy (non-hydrogen) atoms. The Morgan fingerprint density at radius 3 is 2.59 bits per heavy atom. The zero-order valence-corrected chi connectivity index (χ0v) is 23.8. The number of aliphatic hydroxyl groups excluding tert-OH is 3. The Bertz CT molecular complexity index is 954. The molecule has 11 nitrogen and oxygen atoms in total. The maximum Gasteiger partial charge on any atom is 0.341 e. The molecule has 3 rings (SSSR count). The van der Waals surface area contributed by atoms with Gasteiger partial charge < -0.3 is 40.0 Å². The second-order valence-electron chi connectivity index (χ2n) is 10.3. The molecule has 9 unspecified atom stereocenters. The van der Waals surface area contributed by atoms with Crippen molar-refractivity contribution in [2.75, 3.05) is 33.1 Å². The number of para-hydroxylation sites is 1. The number of hydrogen-bond donors (Lipinski definition) is 5. The summed E-state index contributed by atoms with van der Waals surface area (Å²) in [6.45, 7) is 4.64. The summed E-state index contributed by atoms with van der Waals surface area (Å²) in [5.41, 5.74) is -0.931. The smallest absolute Gasteiger partial charge is 0.341 e. The van der Waals surface area contributed by atoms with Gasteiger partial charge >= 0.3 is 5.97 Å². The van der Waals surface area contributed by atoms with Crippen molar-refractivity contribution in [2.45, 2.75) is 81.1 Å².